The number of methoxy groups -OCH3 is 1. The fourth-order valence-electron chi connectivity index (χ4n) is 7.51. The molecule has 55 heavy (non-hydrogen) atoms. The summed E-state index contributed by atoms with van der Waals surface area (Å²) in [5.41, 5.74) is -0.553. The highest BCUT2D eigenvalue weighted by molar-refractivity contribution is 5.75. The maximum absolute atomic E-state index is 12.4. The Morgan fingerprint density at radius 3 is 2.29 bits per heavy atom. The second-order valence-corrected chi connectivity index (χ2v) is 16.8. The van der Waals surface area contributed by atoms with E-state index in [1.807, 2.05) is 79.6 Å². The summed E-state index contributed by atoms with van der Waals surface area (Å²) in [5.74, 6) is 0.0400. The molecular formula is C41H78N4O10. The number of likely N-dealkylation sites (N-methyl/N-ethyl adjacent to an activating group) is 2. The van der Waals surface area contributed by atoms with Crippen molar-refractivity contribution in [2.24, 2.45) is 5.92 Å². The van der Waals surface area contributed by atoms with Crippen LogP contribution in [0.1, 0.15) is 114 Å². The number of ether oxygens (including phenoxy) is 3. The molecule has 14 nitrogen and oxygen atoms in total. The summed E-state index contributed by atoms with van der Waals surface area (Å²) < 4.78 is 17.7. The number of aliphatic hydroxyl groups is 4. The summed E-state index contributed by atoms with van der Waals surface area (Å²) in [4.78, 5) is 26.8. The van der Waals surface area contributed by atoms with Crippen molar-refractivity contribution in [3.8, 4) is 0 Å². The molecule has 322 valence electrons. The molecule has 0 aromatic heterocycles. The van der Waals surface area contributed by atoms with E-state index >= 15 is 0 Å². The molecular weight excluding hydrogens is 708 g/mol. The number of amides is 1. The number of nitrogens with zero attached hydrogens (tertiary/aromatic N) is 3. The first-order valence-corrected chi connectivity index (χ1v) is 20.3. The van der Waals surface area contributed by atoms with Crippen molar-refractivity contribution in [3.63, 3.8) is 0 Å². The van der Waals surface area contributed by atoms with Gasteiger partial charge < -0.3 is 49.8 Å². The van der Waals surface area contributed by atoms with Crippen LogP contribution in [0, 0.1) is 16.0 Å². The highest BCUT2D eigenvalue weighted by Gasteiger charge is 2.43. The lowest BCUT2D eigenvalue weighted by Crippen LogP contribution is -2.58. The van der Waals surface area contributed by atoms with Crippen LogP contribution in [0.2, 0.25) is 0 Å². The summed E-state index contributed by atoms with van der Waals surface area (Å²) in [6.07, 6.45) is 5.06. The number of nitro groups is 1. The minimum Gasteiger partial charge on any atom is -0.389 e. The Balaban J connectivity index is 2.55. The Hall–Kier alpha value is -2.01. The molecule has 1 amide bonds. The van der Waals surface area contributed by atoms with Crippen LogP contribution in [-0.2, 0) is 19.0 Å². The summed E-state index contributed by atoms with van der Waals surface area (Å²) in [6, 6.07) is -0.498. The average molecular weight is 787 g/mol. The normalized spacial score (nSPS) is 24.8. The van der Waals surface area contributed by atoms with Crippen LogP contribution >= 0.6 is 0 Å². The first kappa shape index (κ1) is 51.0. The Morgan fingerprint density at radius 1 is 1.09 bits per heavy atom. The number of unbranched alkanes of at least 4 members (excludes halogenated alkanes) is 1. The van der Waals surface area contributed by atoms with Crippen molar-refractivity contribution >= 4 is 5.91 Å². The van der Waals surface area contributed by atoms with E-state index in [-0.39, 0.29) is 48.1 Å². The molecule has 1 fully saturated rings. The molecule has 11 atom stereocenters. The van der Waals surface area contributed by atoms with Crippen molar-refractivity contribution in [1.29, 1.82) is 0 Å². The molecule has 0 aliphatic carbocycles. The zero-order valence-electron chi connectivity index (χ0n) is 36.1. The van der Waals surface area contributed by atoms with E-state index in [1.54, 1.807) is 13.8 Å². The molecule has 5 N–H and O–H groups in total. The molecule has 0 saturated carbocycles. The number of nitrogens with one attached hydrogen (secondary N) is 1. The maximum atomic E-state index is 12.4. The van der Waals surface area contributed by atoms with Gasteiger partial charge in [0.1, 0.15) is 17.8 Å². The largest absolute Gasteiger partial charge is 0.389 e. The number of hydrogen-bond acceptors (Lipinski definition) is 12. The van der Waals surface area contributed by atoms with Crippen molar-refractivity contribution in [3.05, 3.63) is 33.4 Å². The SMILES string of the molecule is CC[C@@H](OC)[C@@](C)(O)[C@H](O)[C@@H](C)N(C)C[C@H](C)C[C@@](C)(O)[C@@H](C)OCC1OC(C)C[C@H](N(C)CCCCC(=O)NCC/C(C)=C/C=C(\C)CC[N+](=O)[O-])[C@H]1O. The van der Waals surface area contributed by atoms with Gasteiger partial charge in [0.15, 0.2) is 0 Å². The van der Waals surface area contributed by atoms with Gasteiger partial charge >= 0.3 is 0 Å². The van der Waals surface area contributed by atoms with Gasteiger partial charge in [-0.3, -0.25) is 14.9 Å². The molecule has 1 aliphatic rings. The predicted octanol–water partition coefficient (Wildman–Crippen LogP) is 4.10. The standard InChI is InChI=1S/C41H78N4O10/c1-13-36(53-12)41(9,50)39(48)32(6)44(11)26-30(4)25-40(8,49)33(7)54-27-35-38(47)34(24-31(5)55-35)43(10)22-15-14-16-37(46)42-21-19-28(2)17-18-29(3)20-23-45(51)52/h17-18,30-36,38-39,47-50H,13-16,19-27H2,1-12H3,(H,42,46)/b28-17+,29-18+/t30-,31?,32-,33-,34+,35?,36-,38-,39-,40-,41-/m1/s1. The van der Waals surface area contributed by atoms with Gasteiger partial charge in [0, 0.05) is 50.0 Å². The number of allylic oxidation sites excluding steroid dienone is 2. The van der Waals surface area contributed by atoms with Crippen LogP contribution in [0.5, 0.6) is 0 Å². The van der Waals surface area contributed by atoms with Crippen LogP contribution in [0.25, 0.3) is 0 Å². The second-order valence-electron chi connectivity index (χ2n) is 16.8. The molecule has 1 aliphatic heterocycles. The van der Waals surface area contributed by atoms with E-state index in [9.17, 15) is 35.3 Å². The monoisotopic (exact) mass is 787 g/mol. The summed E-state index contributed by atoms with van der Waals surface area (Å²) in [5, 5.41) is 58.4. The minimum atomic E-state index is -1.42. The van der Waals surface area contributed by atoms with Crippen LogP contribution < -0.4 is 5.32 Å². The van der Waals surface area contributed by atoms with Crippen molar-refractivity contribution < 1.29 is 44.4 Å². The number of rotatable bonds is 27. The van der Waals surface area contributed by atoms with Gasteiger partial charge in [-0.1, -0.05) is 37.1 Å². The number of carbonyl (C=O) groups excluding carboxylic acids is 1. The van der Waals surface area contributed by atoms with Gasteiger partial charge in [-0.15, -0.1) is 0 Å². The van der Waals surface area contributed by atoms with E-state index in [0.29, 0.717) is 51.6 Å². The molecule has 1 saturated heterocycles. The average Bonchev–Trinajstić information content (AvgIpc) is 3.10. The summed E-state index contributed by atoms with van der Waals surface area (Å²) >= 11 is 0. The molecule has 14 heteroatoms. The number of hydrogen-bond donors (Lipinski definition) is 5. The van der Waals surface area contributed by atoms with Gasteiger partial charge in [-0.2, -0.15) is 0 Å². The fourth-order valence-corrected chi connectivity index (χ4v) is 7.51. The fraction of sp³-hybridized carbons (Fsp3) is 0.878. The zero-order valence-corrected chi connectivity index (χ0v) is 36.1. The van der Waals surface area contributed by atoms with E-state index < -0.39 is 41.7 Å². The molecule has 0 radical (unpaired) electrons. The molecule has 0 spiro atoms. The minimum absolute atomic E-state index is 0.00200. The molecule has 1 rings (SSSR count). The quantitative estimate of drug-likeness (QED) is 0.0348. The molecule has 2 unspecified atom stereocenters. The van der Waals surface area contributed by atoms with Crippen LogP contribution in [0.4, 0.5) is 0 Å². The highest BCUT2D eigenvalue weighted by Crippen LogP contribution is 2.29. The summed E-state index contributed by atoms with van der Waals surface area (Å²) in [7, 11) is 5.41. The zero-order chi connectivity index (χ0) is 42.1. The van der Waals surface area contributed by atoms with Crippen molar-refractivity contribution in [1.82, 2.24) is 15.1 Å². The molecule has 0 aromatic rings. The second kappa shape index (κ2) is 24.7. The summed E-state index contributed by atoms with van der Waals surface area (Å²) in [6.45, 7) is 18.7. The van der Waals surface area contributed by atoms with Gasteiger partial charge in [-0.05, 0) is 114 Å². The molecule has 0 aromatic carbocycles. The lowest BCUT2D eigenvalue weighted by Gasteiger charge is -2.43. The number of aliphatic hydroxyl groups excluding tert-OH is 2. The van der Waals surface area contributed by atoms with Gasteiger partial charge in [0.25, 0.3) is 0 Å². The Morgan fingerprint density at radius 2 is 1.71 bits per heavy atom. The van der Waals surface area contributed by atoms with Gasteiger partial charge in [0.2, 0.25) is 12.5 Å². The van der Waals surface area contributed by atoms with E-state index in [0.717, 1.165) is 30.5 Å². The lowest BCUT2D eigenvalue weighted by atomic mass is 9.85. The van der Waals surface area contributed by atoms with Crippen LogP contribution in [0.15, 0.2) is 23.3 Å². The molecule has 1 heterocycles. The lowest BCUT2D eigenvalue weighted by molar-refractivity contribution is -0.479. The highest BCUT2D eigenvalue weighted by atomic mass is 16.6. The third-order valence-corrected chi connectivity index (χ3v) is 11.5. The first-order valence-electron chi connectivity index (χ1n) is 20.3. The maximum Gasteiger partial charge on any atom is 0.220 e. The third kappa shape index (κ3) is 18.0. The predicted molar refractivity (Wildman–Crippen MR) is 216 cm³/mol. The number of carbonyl (C=O) groups is 1. The third-order valence-electron chi connectivity index (χ3n) is 11.5. The van der Waals surface area contributed by atoms with Crippen molar-refractivity contribution in [2.75, 3.05) is 54.0 Å². The Bertz CT molecular complexity index is 1190. The topological polar surface area (TPSA) is 187 Å². The molecule has 0 bridgehead atoms. The van der Waals surface area contributed by atoms with Crippen molar-refractivity contribution in [2.45, 2.75) is 174 Å². The Kier molecular flexibility index (Phi) is 22.9. The van der Waals surface area contributed by atoms with Gasteiger partial charge in [0.05, 0.1) is 36.6 Å². The van der Waals surface area contributed by atoms with Gasteiger partial charge in [-0.25, -0.2) is 0 Å². The smallest absolute Gasteiger partial charge is 0.220 e. The van der Waals surface area contributed by atoms with E-state index in [4.69, 9.17) is 14.2 Å². The van der Waals surface area contributed by atoms with Crippen LogP contribution in [-0.4, -0.2) is 155 Å². The first-order chi connectivity index (χ1) is 25.6. The van der Waals surface area contributed by atoms with E-state index in [1.165, 1.54) is 7.11 Å². The Labute approximate surface area is 331 Å². The van der Waals surface area contributed by atoms with Crippen LogP contribution in [0.3, 0.4) is 0 Å². The van der Waals surface area contributed by atoms with E-state index in [2.05, 4.69) is 10.2 Å².